The Morgan fingerprint density at radius 2 is 1.87 bits per heavy atom. The van der Waals surface area contributed by atoms with Gasteiger partial charge in [-0.2, -0.15) is 18.3 Å². The molecule has 3 heterocycles. The molecule has 0 saturated heterocycles. The highest BCUT2D eigenvalue weighted by Crippen LogP contribution is 2.29. The molecule has 1 aromatic carbocycles. The third-order valence-corrected chi connectivity index (χ3v) is 4.98. The Balaban J connectivity index is 1.49. The predicted octanol–water partition coefficient (Wildman–Crippen LogP) is 4.68. The lowest BCUT2D eigenvalue weighted by Crippen LogP contribution is -2.25. The number of fused-ring (bicyclic) bond motifs is 1. The van der Waals surface area contributed by atoms with Crippen molar-refractivity contribution < 1.29 is 18.0 Å². The van der Waals surface area contributed by atoms with Gasteiger partial charge in [0.1, 0.15) is 11.3 Å². The number of carbonyl (C=O) groups is 1. The molecule has 0 atom stereocenters. The third-order valence-electron chi connectivity index (χ3n) is 4.74. The van der Waals surface area contributed by atoms with Crippen molar-refractivity contribution in [3.8, 4) is 5.69 Å². The number of rotatable bonds is 5. The van der Waals surface area contributed by atoms with Gasteiger partial charge in [0.15, 0.2) is 0 Å². The summed E-state index contributed by atoms with van der Waals surface area (Å²) in [6.07, 6.45) is -0.501. The molecule has 4 rings (SSSR count). The number of halogens is 4. The molecule has 0 fully saturated rings. The van der Waals surface area contributed by atoms with Gasteiger partial charge in [0, 0.05) is 23.5 Å². The molecule has 160 valence electrons. The molecule has 0 saturated carbocycles. The van der Waals surface area contributed by atoms with Crippen LogP contribution in [0.1, 0.15) is 34.4 Å². The highest BCUT2D eigenvalue weighted by molar-refractivity contribution is 6.30. The summed E-state index contributed by atoms with van der Waals surface area (Å²) < 4.78 is 41.3. The van der Waals surface area contributed by atoms with E-state index >= 15 is 0 Å². The number of amides is 1. The van der Waals surface area contributed by atoms with E-state index in [2.05, 4.69) is 15.4 Å². The molecular weight excluding hydrogens is 431 g/mol. The number of pyridine rings is 1. The molecule has 10 heteroatoms. The van der Waals surface area contributed by atoms with Gasteiger partial charge in [0.05, 0.1) is 29.2 Å². The SMILES string of the molecule is CCc1nc2cc(Cl)ccn2c1C(=O)NCc1ccn(-c2ccc(C(F)(F)F)cc2)n1. The van der Waals surface area contributed by atoms with E-state index < -0.39 is 11.7 Å². The lowest BCUT2D eigenvalue weighted by molar-refractivity contribution is -0.137. The van der Waals surface area contributed by atoms with Crippen LogP contribution in [0, 0.1) is 0 Å². The van der Waals surface area contributed by atoms with E-state index in [1.807, 2.05) is 6.92 Å². The Morgan fingerprint density at radius 3 is 2.55 bits per heavy atom. The molecule has 0 aliphatic carbocycles. The first-order valence-corrected chi connectivity index (χ1v) is 9.81. The van der Waals surface area contributed by atoms with Crippen molar-refractivity contribution in [3.63, 3.8) is 0 Å². The fourth-order valence-corrected chi connectivity index (χ4v) is 3.37. The van der Waals surface area contributed by atoms with E-state index in [9.17, 15) is 18.0 Å². The van der Waals surface area contributed by atoms with E-state index in [0.717, 1.165) is 12.1 Å². The Kier molecular flexibility index (Phi) is 5.45. The second-order valence-electron chi connectivity index (χ2n) is 6.81. The third kappa shape index (κ3) is 4.27. The average molecular weight is 448 g/mol. The summed E-state index contributed by atoms with van der Waals surface area (Å²) in [7, 11) is 0. The number of benzene rings is 1. The van der Waals surface area contributed by atoms with Crippen LogP contribution >= 0.6 is 11.6 Å². The lowest BCUT2D eigenvalue weighted by atomic mass is 10.2. The average Bonchev–Trinajstić information content (AvgIpc) is 3.35. The Labute approximate surface area is 180 Å². The van der Waals surface area contributed by atoms with Crippen molar-refractivity contribution in [3.05, 3.63) is 82.5 Å². The molecule has 0 unspecified atom stereocenters. The zero-order valence-corrected chi connectivity index (χ0v) is 17.1. The predicted molar refractivity (Wildman–Crippen MR) is 109 cm³/mol. The first-order chi connectivity index (χ1) is 14.8. The van der Waals surface area contributed by atoms with Crippen molar-refractivity contribution in [1.82, 2.24) is 24.5 Å². The highest BCUT2D eigenvalue weighted by atomic mass is 35.5. The van der Waals surface area contributed by atoms with E-state index in [0.29, 0.717) is 39.9 Å². The van der Waals surface area contributed by atoms with Gasteiger partial charge in [-0.1, -0.05) is 18.5 Å². The first-order valence-electron chi connectivity index (χ1n) is 9.43. The van der Waals surface area contributed by atoms with Gasteiger partial charge in [-0.25, -0.2) is 9.67 Å². The maximum atomic E-state index is 12.8. The van der Waals surface area contributed by atoms with Crippen molar-refractivity contribution in [2.75, 3.05) is 0 Å². The van der Waals surface area contributed by atoms with Gasteiger partial charge < -0.3 is 5.32 Å². The summed E-state index contributed by atoms with van der Waals surface area (Å²) in [4.78, 5) is 17.3. The zero-order valence-electron chi connectivity index (χ0n) is 16.3. The fourth-order valence-electron chi connectivity index (χ4n) is 3.21. The van der Waals surface area contributed by atoms with Crippen LogP contribution in [0.3, 0.4) is 0 Å². The molecule has 0 aliphatic heterocycles. The van der Waals surface area contributed by atoms with Gasteiger partial charge in [-0.3, -0.25) is 9.20 Å². The number of aromatic nitrogens is 4. The normalized spacial score (nSPS) is 11.8. The van der Waals surface area contributed by atoms with E-state index in [4.69, 9.17) is 11.6 Å². The van der Waals surface area contributed by atoms with E-state index in [-0.39, 0.29) is 12.5 Å². The van der Waals surface area contributed by atoms with Crippen LogP contribution in [0.15, 0.2) is 54.9 Å². The van der Waals surface area contributed by atoms with Crippen LogP contribution in [-0.2, 0) is 19.1 Å². The molecule has 0 aliphatic rings. The lowest BCUT2D eigenvalue weighted by Gasteiger charge is -2.08. The minimum absolute atomic E-state index is 0.149. The summed E-state index contributed by atoms with van der Waals surface area (Å²) in [5.74, 6) is -0.309. The number of carbonyl (C=O) groups excluding carboxylic acids is 1. The van der Waals surface area contributed by atoms with Crippen LogP contribution in [0.2, 0.25) is 5.02 Å². The Bertz CT molecular complexity index is 1240. The quantitative estimate of drug-likeness (QED) is 0.483. The topological polar surface area (TPSA) is 64.2 Å². The summed E-state index contributed by atoms with van der Waals surface area (Å²) in [5, 5.41) is 7.67. The van der Waals surface area contributed by atoms with Crippen molar-refractivity contribution in [2.45, 2.75) is 26.1 Å². The molecule has 4 aromatic rings. The fraction of sp³-hybridized carbons (Fsp3) is 0.190. The molecule has 0 bridgehead atoms. The van der Waals surface area contributed by atoms with Crippen LogP contribution in [0.4, 0.5) is 13.2 Å². The Hall–Kier alpha value is -3.33. The van der Waals surface area contributed by atoms with Gasteiger partial charge >= 0.3 is 6.18 Å². The number of imidazole rings is 1. The highest BCUT2D eigenvalue weighted by Gasteiger charge is 2.30. The largest absolute Gasteiger partial charge is 0.416 e. The molecule has 3 aromatic heterocycles. The molecule has 0 radical (unpaired) electrons. The first kappa shape index (κ1) is 20.9. The maximum absolute atomic E-state index is 12.8. The second-order valence-corrected chi connectivity index (χ2v) is 7.25. The van der Waals surface area contributed by atoms with E-state index in [1.54, 1.807) is 35.0 Å². The molecular formula is C21H17ClF3N5O. The number of hydrogen-bond acceptors (Lipinski definition) is 3. The number of hydrogen-bond donors (Lipinski definition) is 1. The number of aryl methyl sites for hydroxylation is 1. The van der Waals surface area contributed by atoms with Gasteiger partial charge in [-0.05, 0) is 42.8 Å². The van der Waals surface area contributed by atoms with Crippen LogP contribution in [-0.4, -0.2) is 25.1 Å². The smallest absolute Gasteiger partial charge is 0.345 e. The zero-order chi connectivity index (χ0) is 22.2. The second kappa shape index (κ2) is 8.07. The summed E-state index contributed by atoms with van der Waals surface area (Å²) >= 11 is 6.01. The minimum atomic E-state index is -4.39. The minimum Gasteiger partial charge on any atom is -0.345 e. The molecule has 1 amide bonds. The number of nitrogens with zero attached hydrogens (tertiary/aromatic N) is 4. The van der Waals surface area contributed by atoms with Crippen molar-refractivity contribution in [1.29, 1.82) is 0 Å². The standard InChI is InChI=1S/C21H17ClF3N5O/c1-2-17-19(29-9-7-14(22)11-18(29)27-17)20(31)26-12-15-8-10-30(28-15)16-5-3-13(4-6-16)21(23,24)25/h3-11H,2,12H2,1H3,(H,26,31). The molecule has 6 nitrogen and oxygen atoms in total. The monoisotopic (exact) mass is 447 g/mol. The summed E-state index contributed by atoms with van der Waals surface area (Å²) in [5.41, 5.74) is 1.98. The molecule has 1 N–H and O–H groups in total. The Morgan fingerprint density at radius 1 is 1.13 bits per heavy atom. The summed E-state index contributed by atoms with van der Waals surface area (Å²) in [6, 6.07) is 9.74. The number of alkyl halides is 3. The van der Waals surface area contributed by atoms with Gasteiger partial charge in [0.2, 0.25) is 0 Å². The van der Waals surface area contributed by atoms with Crippen LogP contribution < -0.4 is 5.32 Å². The van der Waals surface area contributed by atoms with Crippen LogP contribution in [0.5, 0.6) is 0 Å². The van der Waals surface area contributed by atoms with Gasteiger partial charge in [0.25, 0.3) is 5.91 Å². The van der Waals surface area contributed by atoms with Crippen molar-refractivity contribution in [2.24, 2.45) is 0 Å². The number of nitrogens with one attached hydrogen (secondary N) is 1. The summed E-state index contributed by atoms with van der Waals surface area (Å²) in [6.45, 7) is 2.06. The maximum Gasteiger partial charge on any atom is 0.416 e. The molecule has 0 spiro atoms. The molecule has 31 heavy (non-hydrogen) atoms. The van der Waals surface area contributed by atoms with Crippen LogP contribution in [0.25, 0.3) is 11.3 Å². The van der Waals surface area contributed by atoms with Gasteiger partial charge in [-0.15, -0.1) is 0 Å². The van der Waals surface area contributed by atoms with E-state index in [1.165, 1.54) is 16.8 Å². The van der Waals surface area contributed by atoms with Crippen molar-refractivity contribution >= 4 is 23.2 Å².